The first-order valence-electron chi connectivity index (χ1n) is 7.85. The Kier molecular flexibility index (Phi) is 4.36. The zero-order chi connectivity index (χ0) is 19.1. The predicted molar refractivity (Wildman–Crippen MR) is 84.3 cm³/mol. The summed E-state index contributed by atoms with van der Waals surface area (Å²) in [6.45, 7) is 4.14. The smallest absolute Gasteiger partial charge is 0.485 e. The second kappa shape index (κ2) is 6.25. The van der Waals surface area contributed by atoms with Crippen LogP contribution in [0.15, 0.2) is 23.2 Å². The Labute approximate surface area is 147 Å². The lowest BCUT2D eigenvalue weighted by Crippen LogP contribution is -2.55. The molecule has 26 heavy (non-hydrogen) atoms. The Morgan fingerprint density at radius 3 is 2.85 bits per heavy atom. The average Bonchev–Trinajstić information content (AvgIpc) is 2.96. The van der Waals surface area contributed by atoms with Gasteiger partial charge >= 0.3 is 6.36 Å². The molecule has 0 fully saturated rings. The number of aliphatic hydroxyl groups excluding tert-OH is 1. The lowest BCUT2D eigenvalue weighted by Gasteiger charge is -2.45. The van der Waals surface area contributed by atoms with Gasteiger partial charge in [0, 0.05) is 12.1 Å². The van der Waals surface area contributed by atoms with Gasteiger partial charge in [0.15, 0.2) is 6.19 Å². The maximum atomic E-state index is 12.6. The molecule has 0 radical (unpaired) electrons. The average molecular weight is 370 g/mol. The number of guanidine groups is 1. The van der Waals surface area contributed by atoms with Crippen molar-refractivity contribution in [2.75, 3.05) is 13.1 Å². The van der Waals surface area contributed by atoms with E-state index in [1.807, 2.05) is 0 Å². The standard InChI is InChI=1S/C16H17F3N4O3/c1-15(2)13(24)12(23-6-5-21-14(23)22-8-20)10-7-9(25-16(17,18)19)3-4-11(10)26-15/h3-4,7,12-13,24H,5-6H2,1-2H3,(H,21,22). The van der Waals surface area contributed by atoms with Crippen molar-refractivity contribution in [2.45, 2.75) is 38.0 Å². The normalized spacial score (nSPS) is 24.2. The highest BCUT2D eigenvalue weighted by Gasteiger charge is 2.47. The van der Waals surface area contributed by atoms with Crippen LogP contribution in [0.3, 0.4) is 0 Å². The fourth-order valence-electron chi connectivity index (χ4n) is 3.17. The molecule has 0 saturated heterocycles. The Bertz CT molecular complexity index is 773. The van der Waals surface area contributed by atoms with Gasteiger partial charge in [-0.05, 0) is 32.0 Å². The molecule has 10 heteroatoms. The molecular weight excluding hydrogens is 353 g/mol. The molecule has 2 unspecified atom stereocenters. The zero-order valence-corrected chi connectivity index (χ0v) is 14.0. The maximum absolute atomic E-state index is 12.6. The van der Waals surface area contributed by atoms with E-state index in [4.69, 9.17) is 10.00 Å². The van der Waals surface area contributed by atoms with Crippen LogP contribution in [-0.4, -0.2) is 47.1 Å². The zero-order valence-electron chi connectivity index (χ0n) is 14.0. The van der Waals surface area contributed by atoms with Gasteiger partial charge in [-0.15, -0.1) is 13.2 Å². The lowest BCUT2D eigenvalue weighted by molar-refractivity contribution is -0.274. The third-order valence-electron chi connectivity index (χ3n) is 4.30. The summed E-state index contributed by atoms with van der Waals surface area (Å²) in [6, 6.07) is 2.96. The fraction of sp³-hybridized carbons (Fsp3) is 0.500. The third-order valence-corrected chi connectivity index (χ3v) is 4.30. The Morgan fingerprint density at radius 2 is 2.19 bits per heavy atom. The van der Waals surface area contributed by atoms with Gasteiger partial charge in [-0.1, -0.05) is 0 Å². The molecule has 0 bridgehead atoms. The fourth-order valence-corrected chi connectivity index (χ4v) is 3.17. The van der Waals surface area contributed by atoms with Crippen LogP contribution in [0.1, 0.15) is 25.5 Å². The minimum atomic E-state index is -4.83. The number of nitrogens with zero attached hydrogens (tertiary/aromatic N) is 3. The van der Waals surface area contributed by atoms with Crippen LogP contribution >= 0.6 is 0 Å². The van der Waals surface area contributed by atoms with E-state index in [9.17, 15) is 18.3 Å². The molecule has 0 saturated carbocycles. The summed E-state index contributed by atoms with van der Waals surface area (Å²) >= 11 is 0. The molecular formula is C16H17F3N4O3. The van der Waals surface area contributed by atoms with E-state index in [0.717, 1.165) is 6.07 Å². The molecule has 0 spiro atoms. The number of ether oxygens (including phenoxy) is 2. The topological polar surface area (TPSA) is 90.1 Å². The second-order valence-corrected chi connectivity index (χ2v) is 6.48. The molecule has 0 aromatic heterocycles. The number of nitrogens with one attached hydrogen (secondary N) is 1. The highest BCUT2D eigenvalue weighted by Crippen LogP contribution is 2.45. The summed E-state index contributed by atoms with van der Waals surface area (Å²) < 4.78 is 47.4. The Morgan fingerprint density at radius 1 is 1.46 bits per heavy atom. The highest BCUT2D eigenvalue weighted by molar-refractivity contribution is 5.83. The van der Waals surface area contributed by atoms with E-state index in [1.54, 1.807) is 24.9 Å². The SMILES string of the molecule is CC1(C)Oc2ccc(OC(F)(F)F)cc2C(N2CCN=C2NC#N)C1O. The molecule has 1 aromatic rings. The summed E-state index contributed by atoms with van der Waals surface area (Å²) in [4.78, 5) is 5.81. The van der Waals surface area contributed by atoms with Crippen molar-refractivity contribution in [3.05, 3.63) is 23.8 Å². The molecule has 0 aliphatic carbocycles. The minimum absolute atomic E-state index is 0.252. The first-order chi connectivity index (χ1) is 12.1. The van der Waals surface area contributed by atoms with Crippen molar-refractivity contribution in [3.63, 3.8) is 0 Å². The van der Waals surface area contributed by atoms with E-state index >= 15 is 0 Å². The maximum Gasteiger partial charge on any atom is 0.573 e. The number of nitriles is 1. The van der Waals surface area contributed by atoms with Gasteiger partial charge < -0.3 is 19.5 Å². The number of benzene rings is 1. The number of hydrogen-bond donors (Lipinski definition) is 2. The van der Waals surface area contributed by atoms with Crippen molar-refractivity contribution in [3.8, 4) is 17.7 Å². The number of halogens is 3. The number of aliphatic hydroxyl groups is 1. The molecule has 140 valence electrons. The third kappa shape index (κ3) is 3.35. The summed E-state index contributed by atoms with van der Waals surface area (Å²) in [5.74, 6) is 0.174. The van der Waals surface area contributed by atoms with Crippen molar-refractivity contribution < 1.29 is 27.8 Å². The summed E-state index contributed by atoms with van der Waals surface area (Å²) in [7, 11) is 0. The van der Waals surface area contributed by atoms with Gasteiger partial charge in [0.1, 0.15) is 23.2 Å². The monoisotopic (exact) mass is 370 g/mol. The van der Waals surface area contributed by atoms with E-state index in [1.165, 1.54) is 12.1 Å². The van der Waals surface area contributed by atoms with Gasteiger partial charge in [-0.25, -0.2) is 0 Å². The van der Waals surface area contributed by atoms with E-state index in [2.05, 4.69) is 15.0 Å². The van der Waals surface area contributed by atoms with Crippen LogP contribution in [-0.2, 0) is 0 Å². The highest BCUT2D eigenvalue weighted by atomic mass is 19.4. The van der Waals surface area contributed by atoms with Crippen LogP contribution in [0.4, 0.5) is 13.2 Å². The first kappa shape index (κ1) is 18.1. The predicted octanol–water partition coefficient (Wildman–Crippen LogP) is 1.90. The van der Waals surface area contributed by atoms with E-state index in [-0.39, 0.29) is 5.96 Å². The van der Waals surface area contributed by atoms with E-state index in [0.29, 0.717) is 24.4 Å². The Balaban J connectivity index is 2.05. The summed E-state index contributed by atoms with van der Waals surface area (Å²) in [6.07, 6.45) is -4.15. The quantitative estimate of drug-likeness (QED) is 0.611. The van der Waals surface area contributed by atoms with Gasteiger partial charge in [0.25, 0.3) is 0 Å². The van der Waals surface area contributed by atoms with Crippen LogP contribution in [0.2, 0.25) is 0 Å². The molecule has 1 aromatic carbocycles. The van der Waals surface area contributed by atoms with Crippen molar-refractivity contribution in [1.82, 2.24) is 10.2 Å². The molecule has 2 aliphatic rings. The first-order valence-corrected chi connectivity index (χ1v) is 7.85. The van der Waals surface area contributed by atoms with Gasteiger partial charge in [0.05, 0.1) is 12.6 Å². The van der Waals surface area contributed by atoms with Crippen LogP contribution < -0.4 is 14.8 Å². The largest absolute Gasteiger partial charge is 0.573 e. The second-order valence-electron chi connectivity index (χ2n) is 6.48. The number of aliphatic imine (C=N–C) groups is 1. The van der Waals surface area contributed by atoms with Crippen molar-refractivity contribution in [1.29, 1.82) is 5.26 Å². The van der Waals surface area contributed by atoms with Crippen LogP contribution in [0.25, 0.3) is 0 Å². The molecule has 7 nitrogen and oxygen atoms in total. The number of alkyl halides is 3. The number of rotatable bonds is 2. The summed E-state index contributed by atoms with van der Waals surface area (Å²) in [5.41, 5.74) is -0.669. The molecule has 2 atom stereocenters. The summed E-state index contributed by atoms with van der Waals surface area (Å²) in [5, 5.41) is 22.1. The minimum Gasteiger partial charge on any atom is -0.485 e. The molecule has 3 rings (SSSR count). The number of hydrogen-bond acceptors (Lipinski definition) is 7. The molecule has 0 amide bonds. The van der Waals surface area contributed by atoms with Crippen molar-refractivity contribution in [2.24, 2.45) is 4.99 Å². The van der Waals surface area contributed by atoms with Crippen molar-refractivity contribution >= 4 is 5.96 Å². The molecule has 2 heterocycles. The van der Waals surface area contributed by atoms with E-state index < -0.39 is 29.9 Å². The van der Waals surface area contributed by atoms with Crippen LogP contribution in [0.5, 0.6) is 11.5 Å². The van der Waals surface area contributed by atoms with Crippen LogP contribution in [0, 0.1) is 11.5 Å². The van der Waals surface area contributed by atoms with Gasteiger partial charge in [0.2, 0.25) is 5.96 Å². The molecule has 2 N–H and O–H groups in total. The van der Waals surface area contributed by atoms with Gasteiger partial charge in [-0.3, -0.25) is 10.3 Å². The molecule has 2 aliphatic heterocycles. The van der Waals surface area contributed by atoms with Gasteiger partial charge in [-0.2, -0.15) is 5.26 Å². The lowest BCUT2D eigenvalue weighted by atomic mass is 9.85. The number of fused-ring (bicyclic) bond motifs is 1. The Hall–Kier alpha value is -2.67.